The Morgan fingerprint density at radius 2 is 2.00 bits per heavy atom. The lowest BCUT2D eigenvalue weighted by molar-refractivity contribution is 0.156. The van der Waals surface area contributed by atoms with E-state index in [1.54, 1.807) is 0 Å². The summed E-state index contributed by atoms with van der Waals surface area (Å²) in [6, 6.07) is -0.218. The molecule has 3 N–H and O–H groups in total. The number of nitrogens with two attached hydrogens (primary N) is 1. The van der Waals surface area contributed by atoms with Crippen LogP contribution >= 0.6 is 0 Å². The average molecular weight is 186 g/mol. The maximum atomic E-state index is 13.6. The van der Waals surface area contributed by atoms with Crippen LogP contribution in [0.2, 0.25) is 0 Å². The Kier molecular flexibility index (Phi) is 2.32. The fourth-order valence-electron chi connectivity index (χ4n) is 3.04. The highest BCUT2D eigenvalue weighted by molar-refractivity contribution is 5.04. The lowest BCUT2D eigenvalue weighted by Gasteiger charge is -2.37. The van der Waals surface area contributed by atoms with Crippen molar-refractivity contribution in [3.63, 3.8) is 0 Å². The van der Waals surface area contributed by atoms with Gasteiger partial charge in [-0.15, -0.1) is 0 Å². The molecule has 2 nitrogen and oxygen atoms in total. The molecular formula is C10H19FN2. The maximum Gasteiger partial charge on any atom is 0.118 e. The first-order valence-corrected chi connectivity index (χ1v) is 5.26. The van der Waals surface area contributed by atoms with Gasteiger partial charge in [0.15, 0.2) is 0 Å². The van der Waals surface area contributed by atoms with Crippen molar-refractivity contribution in [2.75, 3.05) is 13.1 Å². The number of piperidine rings is 1. The van der Waals surface area contributed by atoms with E-state index in [9.17, 15) is 4.39 Å². The molecule has 0 radical (unpaired) electrons. The molecule has 1 saturated heterocycles. The van der Waals surface area contributed by atoms with Gasteiger partial charge in [-0.3, -0.25) is 0 Å². The Labute approximate surface area is 79.1 Å². The third-order valence-corrected chi connectivity index (χ3v) is 3.92. The van der Waals surface area contributed by atoms with E-state index in [1.165, 1.54) is 0 Å². The van der Waals surface area contributed by atoms with Gasteiger partial charge in [0.1, 0.15) is 6.17 Å². The Bertz CT molecular complexity index is 189. The van der Waals surface area contributed by atoms with E-state index in [2.05, 4.69) is 5.32 Å². The van der Waals surface area contributed by atoms with Gasteiger partial charge >= 0.3 is 0 Å². The topological polar surface area (TPSA) is 38.0 Å². The van der Waals surface area contributed by atoms with Crippen molar-refractivity contribution < 1.29 is 4.39 Å². The van der Waals surface area contributed by atoms with E-state index < -0.39 is 6.17 Å². The first-order chi connectivity index (χ1) is 6.16. The van der Waals surface area contributed by atoms with Crippen LogP contribution in [0.3, 0.4) is 0 Å². The van der Waals surface area contributed by atoms with Crippen LogP contribution in [0.25, 0.3) is 0 Å². The van der Waals surface area contributed by atoms with Crippen LogP contribution in [-0.2, 0) is 0 Å². The molecule has 2 fully saturated rings. The molecule has 0 aromatic heterocycles. The smallest absolute Gasteiger partial charge is 0.118 e. The van der Waals surface area contributed by atoms with E-state index >= 15 is 0 Å². The number of rotatable bonds is 0. The first-order valence-electron chi connectivity index (χ1n) is 5.26. The quantitative estimate of drug-likeness (QED) is 0.593. The van der Waals surface area contributed by atoms with Gasteiger partial charge in [0.05, 0.1) is 0 Å². The van der Waals surface area contributed by atoms with E-state index in [0.29, 0.717) is 0 Å². The van der Waals surface area contributed by atoms with E-state index in [-0.39, 0.29) is 17.4 Å². The molecule has 13 heavy (non-hydrogen) atoms. The van der Waals surface area contributed by atoms with Crippen molar-refractivity contribution in [3.05, 3.63) is 0 Å². The van der Waals surface area contributed by atoms with Crippen LogP contribution in [0.5, 0.6) is 0 Å². The number of hydrogen-bond donors (Lipinski definition) is 2. The molecule has 3 atom stereocenters. The van der Waals surface area contributed by atoms with Gasteiger partial charge < -0.3 is 11.1 Å². The van der Waals surface area contributed by atoms with Crippen LogP contribution in [0.4, 0.5) is 4.39 Å². The minimum absolute atomic E-state index is 0.115. The summed E-state index contributed by atoms with van der Waals surface area (Å²) in [5, 5.41) is 3.31. The zero-order valence-electron chi connectivity index (χ0n) is 8.22. The summed E-state index contributed by atoms with van der Waals surface area (Å²) in [4.78, 5) is 0. The third-order valence-electron chi connectivity index (χ3n) is 3.92. The molecule has 1 spiro atoms. The highest BCUT2D eigenvalue weighted by atomic mass is 19.1. The summed E-state index contributed by atoms with van der Waals surface area (Å²) in [5.74, 6) is 0.160. The zero-order valence-corrected chi connectivity index (χ0v) is 8.22. The normalized spacial score (nSPS) is 44.1. The third kappa shape index (κ3) is 1.38. The average Bonchev–Trinajstić information content (AvgIpc) is 2.33. The maximum absolute atomic E-state index is 13.6. The first kappa shape index (κ1) is 9.41. The minimum Gasteiger partial charge on any atom is -0.325 e. The number of halogens is 1. The summed E-state index contributed by atoms with van der Waals surface area (Å²) >= 11 is 0. The van der Waals surface area contributed by atoms with Crippen LogP contribution in [0.1, 0.15) is 26.2 Å². The molecule has 0 bridgehead atoms. The van der Waals surface area contributed by atoms with E-state index in [0.717, 1.165) is 32.4 Å². The molecule has 1 aliphatic carbocycles. The molecule has 1 aliphatic heterocycles. The van der Waals surface area contributed by atoms with Crippen molar-refractivity contribution in [2.45, 2.75) is 38.4 Å². The predicted molar refractivity (Wildman–Crippen MR) is 51.2 cm³/mol. The van der Waals surface area contributed by atoms with Crippen molar-refractivity contribution in [2.24, 2.45) is 17.1 Å². The predicted octanol–water partition coefficient (Wildman–Crippen LogP) is 1.06. The highest BCUT2D eigenvalue weighted by Gasteiger charge is 2.50. The van der Waals surface area contributed by atoms with Gasteiger partial charge in [0, 0.05) is 6.04 Å². The number of nitrogens with one attached hydrogen (secondary N) is 1. The van der Waals surface area contributed by atoms with Gasteiger partial charge in [-0.25, -0.2) is 4.39 Å². The highest BCUT2D eigenvalue weighted by Crippen LogP contribution is 2.47. The molecule has 2 aliphatic rings. The van der Waals surface area contributed by atoms with Crippen molar-refractivity contribution >= 4 is 0 Å². The minimum atomic E-state index is -0.780. The molecular weight excluding hydrogens is 167 g/mol. The second-order valence-corrected chi connectivity index (χ2v) is 4.76. The lowest BCUT2D eigenvalue weighted by atomic mass is 9.74. The van der Waals surface area contributed by atoms with Crippen LogP contribution in [-0.4, -0.2) is 25.3 Å². The Morgan fingerprint density at radius 1 is 1.38 bits per heavy atom. The van der Waals surface area contributed by atoms with Crippen LogP contribution < -0.4 is 11.1 Å². The monoisotopic (exact) mass is 186 g/mol. The molecule has 0 aromatic carbocycles. The number of alkyl halides is 1. The van der Waals surface area contributed by atoms with Gasteiger partial charge in [-0.05, 0) is 43.7 Å². The summed E-state index contributed by atoms with van der Waals surface area (Å²) < 4.78 is 13.6. The van der Waals surface area contributed by atoms with Crippen LogP contribution in [0, 0.1) is 11.3 Å². The molecule has 3 unspecified atom stereocenters. The molecule has 1 saturated carbocycles. The van der Waals surface area contributed by atoms with Crippen molar-refractivity contribution in [3.8, 4) is 0 Å². The summed E-state index contributed by atoms with van der Waals surface area (Å²) in [6.07, 6.45) is 2.31. The van der Waals surface area contributed by atoms with Crippen molar-refractivity contribution in [1.29, 1.82) is 0 Å². The molecule has 0 amide bonds. The van der Waals surface area contributed by atoms with Crippen molar-refractivity contribution in [1.82, 2.24) is 5.32 Å². The zero-order chi connectivity index (χ0) is 9.47. The standard InChI is InChI=1S/C10H19FN2/c1-7-6-10(9(12)8(7)11)2-4-13-5-3-10/h7-9,13H,2-6,12H2,1H3. The van der Waals surface area contributed by atoms with Gasteiger partial charge in [-0.1, -0.05) is 6.92 Å². The second kappa shape index (κ2) is 3.21. The molecule has 1 heterocycles. The SMILES string of the molecule is CC1CC2(CCNCC2)C(N)C1F. The van der Waals surface area contributed by atoms with E-state index in [1.807, 2.05) is 6.92 Å². The fraction of sp³-hybridized carbons (Fsp3) is 1.00. The van der Waals surface area contributed by atoms with E-state index in [4.69, 9.17) is 5.73 Å². The Balaban J connectivity index is 2.13. The fourth-order valence-corrected chi connectivity index (χ4v) is 3.04. The molecule has 76 valence electrons. The largest absolute Gasteiger partial charge is 0.325 e. The lowest BCUT2D eigenvalue weighted by Crippen LogP contribution is -2.48. The van der Waals surface area contributed by atoms with Gasteiger partial charge in [-0.2, -0.15) is 0 Å². The summed E-state index contributed by atoms with van der Waals surface area (Å²) in [5.41, 5.74) is 6.09. The molecule has 3 heteroatoms. The van der Waals surface area contributed by atoms with Gasteiger partial charge in [0.25, 0.3) is 0 Å². The molecule has 0 aromatic rings. The Hall–Kier alpha value is -0.150. The molecule has 2 rings (SSSR count). The number of hydrogen-bond acceptors (Lipinski definition) is 2. The van der Waals surface area contributed by atoms with Gasteiger partial charge in [0.2, 0.25) is 0 Å². The second-order valence-electron chi connectivity index (χ2n) is 4.76. The van der Waals surface area contributed by atoms with Crippen LogP contribution in [0.15, 0.2) is 0 Å². The summed E-state index contributed by atoms with van der Waals surface area (Å²) in [6.45, 7) is 4.00. The Morgan fingerprint density at radius 3 is 2.46 bits per heavy atom. The summed E-state index contributed by atoms with van der Waals surface area (Å²) in [7, 11) is 0.